The van der Waals surface area contributed by atoms with E-state index in [0.29, 0.717) is 47.1 Å². The largest absolute Gasteiger partial charge is 0.483 e. The Hall–Kier alpha value is -3.39. The zero-order chi connectivity index (χ0) is 29.1. The quantitative estimate of drug-likeness (QED) is 0.470. The Morgan fingerprint density at radius 3 is 2.02 bits per heavy atom. The summed E-state index contributed by atoms with van der Waals surface area (Å²) in [6.45, 7) is 8.83. The molecule has 0 amide bonds. The summed E-state index contributed by atoms with van der Waals surface area (Å²) in [6, 6.07) is -0.709. The number of nitriles is 1. The Kier molecular flexibility index (Phi) is 4.53. The van der Waals surface area contributed by atoms with Crippen molar-refractivity contribution >= 4 is 23.1 Å². The number of hydrogen-bond donors (Lipinski definition) is 1. The van der Waals surface area contributed by atoms with Gasteiger partial charge in [-0.3, -0.25) is 29.0 Å². The summed E-state index contributed by atoms with van der Waals surface area (Å²) in [4.78, 5) is 59.9. The molecule has 1 N–H and O–H groups in total. The van der Waals surface area contributed by atoms with Gasteiger partial charge in [-0.05, 0) is 47.5 Å². The van der Waals surface area contributed by atoms with Gasteiger partial charge in [0.25, 0.3) is 0 Å². The van der Waals surface area contributed by atoms with Crippen molar-refractivity contribution in [3.05, 3.63) is 45.0 Å². The fourth-order valence-corrected chi connectivity index (χ4v) is 9.23. The number of carbonyl (C=O) groups is 4. The normalized spacial score (nSPS) is 39.9. The molecule has 0 aromatic heterocycles. The van der Waals surface area contributed by atoms with E-state index in [0.717, 1.165) is 0 Å². The summed E-state index contributed by atoms with van der Waals surface area (Å²) in [5, 5.41) is 21.2. The van der Waals surface area contributed by atoms with Crippen LogP contribution >= 0.6 is 0 Å². The predicted octanol–water partition coefficient (Wildman–Crippen LogP) is 1.35. The van der Waals surface area contributed by atoms with E-state index in [1.54, 1.807) is 0 Å². The van der Waals surface area contributed by atoms with E-state index >= 15 is 0 Å². The highest BCUT2D eigenvalue weighted by Crippen LogP contribution is 2.61. The molecule has 41 heavy (non-hydrogen) atoms. The molecule has 2 aliphatic carbocycles. The number of hydrogen-bond acceptors (Lipinski definition) is 10. The minimum atomic E-state index is -0.921. The zero-order valence-electron chi connectivity index (χ0n) is 23.7. The predicted molar refractivity (Wildman–Crippen MR) is 141 cm³/mol. The molecule has 0 radical (unpaired) electrons. The highest BCUT2D eigenvalue weighted by atomic mass is 16.5. The molecule has 212 valence electrons. The first-order valence-corrected chi connectivity index (χ1v) is 14.3. The first kappa shape index (κ1) is 25.3. The molecule has 0 saturated carbocycles. The van der Waals surface area contributed by atoms with Crippen LogP contribution in [0.25, 0.3) is 0 Å². The van der Waals surface area contributed by atoms with Crippen molar-refractivity contribution in [3.8, 4) is 6.07 Å². The lowest BCUT2D eigenvalue weighted by Crippen LogP contribution is -2.80. The second-order valence-electron chi connectivity index (χ2n) is 14.1. The molecule has 2 fully saturated rings. The van der Waals surface area contributed by atoms with Crippen LogP contribution in [0.15, 0.2) is 45.0 Å². The molecular formula is C31H31N3O7. The second-order valence-corrected chi connectivity index (χ2v) is 14.1. The fourth-order valence-electron chi connectivity index (χ4n) is 9.23. The number of nitrogens with zero attached hydrogens (tertiary/aromatic N) is 3. The lowest BCUT2D eigenvalue weighted by Gasteiger charge is -2.66. The number of allylic oxidation sites excluding steroid dienone is 2. The van der Waals surface area contributed by atoms with Gasteiger partial charge in [0.1, 0.15) is 17.2 Å². The van der Waals surface area contributed by atoms with Crippen molar-refractivity contribution in [2.24, 2.45) is 0 Å². The van der Waals surface area contributed by atoms with Crippen molar-refractivity contribution in [3.63, 3.8) is 0 Å². The minimum absolute atomic E-state index is 0.0402. The topological polar surface area (TPSA) is 137 Å². The molecule has 8 aliphatic rings. The highest BCUT2D eigenvalue weighted by molar-refractivity contribution is 6.28. The molecule has 0 aromatic carbocycles. The monoisotopic (exact) mass is 557 g/mol. The van der Waals surface area contributed by atoms with E-state index in [4.69, 9.17) is 9.47 Å². The van der Waals surface area contributed by atoms with Crippen LogP contribution in [0.1, 0.15) is 60.3 Å². The number of fused-ring (bicyclic) bond motifs is 4. The number of piperazine rings is 1. The average Bonchev–Trinajstić information content (AvgIpc) is 3.49. The van der Waals surface area contributed by atoms with E-state index < -0.39 is 53.3 Å². The standard InChI is InChI=1S/C31H31N3O7/c1-29(2)7-13-23(36)12-6-15-22-20-21(24(37)14-8-30(3,4)41-28(14)26(20)39)31(5)9-16(34(22)31)17(10-32)33(15)18(11-35)19(12)25(38)27(13)40-29/h15-18,22,35H,6-9,11H2,1-5H3/t15-,16-,17-,18-,22-,31+/m0/s1. The van der Waals surface area contributed by atoms with Crippen LogP contribution in [0.4, 0.5) is 0 Å². The molecule has 0 bridgehead atoms. The first-order valence-electron chi connectivity index (χ1n) is 14.3. The highest BCUT2D eigenvalue weighted by Gasteiger charge is 2.72. The number of aliphatic hydroxyl groups is 1. The van der Waals surface area contributed by atoms with E-state index in [2.05, 4.69) is 11.0 Å². The summed E-state index contributed by atoms with van der Waals surface area (Å²) in [7, 11) is 0. The number of rotatable bonds is 1. The van der Waals surface area contributed by atoms with Gasteiger partial charge in [-0.25, -0.2) is 0 Å². The van der Waals surface area contributed by atoms with Crippen LogP contribution in [-0.4, -0.2) is 91.6 Å². The summed E-state index contributed by atoms with van der Waals surface area (Å²) in [5.74, 6) is -1.02. The van der Waals surface area contributed by atoms with Gasteiger partial charge < -0.3 is 14.6 Å². The Morgan fingerprint density at radius 2 is 1.44 bits per heavy atom. The Bertz CT molecular complexity index is 1630. The van der Waals surface area contributed by atoms with Gasteiger partial charge in [-0.15, -0.1) is 0 Å². The third-order valence-corrected chi connectivity index (χ3v) is 10.6. The summed E-state index contributed by atoms with van der Waals surface area (Å²) in [6.07, 6.45) is 1.25. The van der Waals surface area contributed by atoms with Crippen LogP contribution in [0.3, 0.4) is 0 Å². The maximum atomic E-state index is 14.2. The molecule has 6 heterocycles. The number of Topliss-reactive ketones (excluding diaryl/α,β-unsaturated/α-hetero) is 4. The van der Waals surface area contributed by atoms with Crippen molar-refractivity contribution in [1.82, 2.24) is 9.80 Å². The summed E-state index contributed by atoms with van der Waals surface area (Å²) < 4.78 is 12.0. The Morgan fingerprint density at radius 1 is 0.854 bits per heavy atom. The molecule has 6 aliphatic heterocycles. The molecule has 2 saturated heterocycles. The van der Waals surface area contributed by atoms with Crippen LogP contribution < -0.4 is 0 Å². The van der Waals surface area contributed by atoms with Gasteiger partial charge in [0.2, 0.25) is 11.6 Å². The molecule has 0 aromatic rings. The van der Waals surface area contributed by atoms with Crippen molar-refractivity contribution < 1.29 is 33.8 Å². The Labute approximate surface area is 236 Å². The number of ketones is 4. The average molecular weight is 558 g/mol. The van der Waals surface area contributed by atoms with Gasteiger partial charge in [0.15, 0.2) is 23.1 Å². The van der Waals surface area contributed by atoms with Gasteiger partial charge in [-0.2, -0.15) is 5.26 Å². The van der Waals surface area contributed by atoms with Crippen molar-refractivity contribution in [1.29, 1.82) is 5.26 Å². The van der Waals surface area contributed by atoms with Crippen molar-refractivity contribution in [2.45, 2.75) is 107 Å². The Balaban J connectivity index is 1.28. The lowest BCUT2D eigenvalue weighted by molar-refractivity contribution is -0.155. The molecule has 8 rings (SSSR count). The van der Waals surface area contributed by atoms with Gasteiger partial charge in [0.05, 0.1) is 30.3 Å². The second kappa shape index (κ2) is 7.33. The lowest BCUT2D eigenvalue weighted by atomic mass is 9.68. The summed E-state index contributed by atoms with van der Waals surface area (Å²) in [5.41, 5.74) is -0.00183. The van der Waals surface area contributed by atoms with Crippen molar-refractivity contribution in [2.75, 3.05) is 6.61 Å². The minimum Gasteiger partial charge on any atom is -0.483 e. The number of ether oxygens (including phenoxy) is 2. The number of carbonyl (C=O) groups excluding carboxylic acids is 4. The fraction of sp³-hybridized carbons (Fsp3) is 0.581. The van der Waals surface area contributed by atoms with E-state index in [-0.39, 0.29) is 46.9 Å². The van der Waals surface area contributed by atoms with Crippen LogP contribution in [0.2, 0.25) is 0 Å². The molecule has 0 spiro atoms. The third-order valence-electron chi connectivity index (χ3n) is 10.6. The van der Waals surface area contributed by atoms with E-state index in [1.165, 1.54) is 0 Å². The van der Waals surface area contributed by atoms with Crippen LogP contribution in [0, 0.1) is 11.3 Å². The van der Waals surface area contributed by atoms with Crippen LogP contribution in [0.5, 0.6) is 0 Å². The van der Waals surface area contributed by atoms with E-state index in [1.807, 2.05) is 39.5 Å². The number of aliphatic hydroxyl groups excluding tert-OH is 1. The van der Waals surface area contributed by atoms with Crippen LogP contribution in [-0.2, 0) is 28.7 Å². The van der Waals surface area contributed by atoms with Gasteiger partial charge in [-0.1, -0.05) is 0 Å². The molecule has 10 heteroatoms. The molecule has 0 unspecified atom stereocenters. The zero-order valence-corrected chi connectivity index (χ0v) is 23.7. The SMILES string of the molecule is CC1(C)CC2=C(O1)C(=O)C1=C(C2=O)[C@@]2(C)C[C@H]3[C@H](C#N)N4[C@@H](CO)C5=C(C[C@H]4[C@@H]1N32)C(=O)C1=C(OC(C)(C)C1)C5=O. The van der Waals surface area contributed by atoms with Gasteiger partial charge in [0, 0.05) is 58.4 Å². The molecule has 6 atom stereocenters. The smallest absolute Gasteiger partial charge is 0.226 e. The maximum Gasteiger partial charge on any atom is 0.226 e. The maximum absolute atomic E-state index is 14.2. The first-order chi connectivity index (χ1) is 19.2. The third kappa shape index (κ3) is 2.78. The van der Waals surface area contributed by atoms with Gasteiger partial charge >= 0.3 is 0 Å². The molecule has 10 nitrogen and oxygen atoms in total. The molecular weight excluding hydrogens is 526 g/mol. The van der Waals surface area contributed by atoms with E-state index in [9.17, 15) is 29.5 Å². The summed E-state index contributed by atoms with van der Waals surface area (Å²) >= 11 is 0.